The van der Waals surface area contributed by atoms with Crippen molar-refractivity contribution in [3.63, 3.8) is 0 Å². The molecule has 1 aliphatic carbocycles. The summed E-state index contributed by atoms with van der Waals surface area (Å²) in [5.74, 6) is 2.10. The van der Waals surface area contributed by atoms with Crippen LogP contribution in [0.4, 0.5) is 0 Å². The van der Waals surface area contributed by atoms with Gasteiger partial charge in [-0.15, -0.1) is 24.0 Å². The quantitative estimate of drug-likeness (QED) is 0.224. The minimum atomic E-state index is -0.718. The van der Waals surface area contributed by atoms with Gasteiger partial charge in [0.05, 0.1) is 6.61 Å². The zero-order valence-corrected chi connectivity index (χ0v) is 20.1. The highest BCUT2D eigenvalue weighted by Crippen LogP contribution is 2.23. The zero-order valence-electron chi connectivity index (χ0n) is 17.0. The largest absolute Gasteiger partial charge is 0.475 e. The van der Waals surface area contributed by atoms with Crippen LogP contribution < -0.4 is 15.4 Å². The van der Waals surface area contributed by atoms with Crippen molar-refractivity contribution < 1.29 is 13.7 Å². The van der Waals surface area contributed by atoms with Crippen LogP contribution in [0.25, 0.3) is 0 Å². The summed E-state index contributed by atoms with van der Waals surface area (Å²) in [4.78, 5) is 8.61. The van der Waals surface area contributed by atoms with E-state index in [4.69, 9.17) is 9.47 Å². The summed E-state index contributed by atoms with van der Waals surface area (Å²) >= 11 is 0. The molecule has 0 spiro atoms. The molecule has 1 aromatic heterocycles. The molecule has 3 unspecified atom stereocenters. The van der Waals surface area contributed by atoms with E-state index >= 15 is 0 Å². The van der Waals surface area contributed by atoms with Crippen molar-refractivity contribution in [2.24, 2.45) is 4.99 Å². The van der Waals surface area contributed by atoms with Crippen molar-refractivity contribution >= 4 is 40.7 Å². The Kier molecular flexibility index (Phi) is 12.6. The lowest BCUT2D eigenvalue weighted by Gasteiger charge is -2.30. The van der Waals surface area contributed by atoms with E-state index < -0.39 is 10.8 Å². The van der Waals surface area contributed by atoms with Crippen LogP contribution in [0.2, 0.25) is 0 Å². The van der Waals surface area contributed by atoms with Gasteiger partial charge in [0.1, 0.15) is 6.61 Å². The molecule has 1 aliphatic rings. The second kappa shape index (κ2) is 14.1. The molecule has 2 rings (SSSR count). The minimum absolute atomic E-state index is 0. The number of hydrogen-bond donors (Lipinski definition) is 2. The molecule has 2 N–H and O–H groups in total. The highest BCUT2D eigenvalue weighted by molar-refractivity contribution is 14.0. The van der Waals surface area contributed by atoms with Gasteiger partial charge in [0.15, 0.2) is 5.96 Å². The number of nitrogens with zero attached hydrogens (tertiary/aromatic N) is 2. The summed E-state index contributed by atoms with van der Waals surface area (Å²) in [5.41, 5.74) is 1.05. The first-order valence-corrected chi connectivity index (χ1v) is 11.0. The monoisotopic (exact) mass is 524 g/mol. The van der Waals surface area contributed by atoms with Crippen molar-refractivity contribution in [3.8, 4) is 5.88 Å². The van der Waals surface area contributed by atoms with Gasteiger partial charge < -0.3 is 20.1 Å². The SMILES string of the molecule is CCS(=O)C1CCCC(NC(=NC)NCc2ccc(OCCOC)nc2)C1.I. The maximum Gasteiger partial charge on any atom is 0.213 e. The van der Waals surface area contributed by atoms with Crippen LogP contribution in [0.15, 0.2) is 23.3 Å². The van der Waals surface area contributed by atoms with Gasteiger partial charge in [-0.2, -0.15) is 0 Å². The molecule has 1 aromatic rings. The van der Waals surface area contributed by atoms with E-state index in [1.165, 1.54) is 0 Å². The number of nitrogens with one attached hydrogen (secondary N) is 2. The first-order valence-electron chi connectivity index (χ1n) is 9.57. The molecule has 0 amide bonds. The van der Waals surface area contributed by atoms with Gasteiger partial charge in [-0.05, 0) is 24.8 Å². The molecule has 0 aromatic carbocycles. The van der Waals surface area contributed by atoms with E-state index in [-0.39, 0.29) is 24.0 Å². The van der Waals surface area contributed by atoms with Gasteiger partial charge in [0, 0.05) is 60.8 Å². The molecule has 9 heteroatoms. The second-order valence-corrected chi connectivity index (χ2v) is 8.58. The van der Waals surface area contributed by atoms with E-state index in [0.29, 0.717) is 36.9 Å². The molecule has 3 atom stereocenters. The average molecular weight is 524 g/mol. The fourth-order valence-corrected chi connectivity index (χ4v) is 4.50. The van der Waals surface area contributed by atoms with Crippen LogP contribution in [0.3, 0.4) is 0 Å². The van der Waals surface area contributed by atoms with Crippen molar-refractivity contribution in [3.05, 3.63) is 23.9 Å². The van der Waals surface area contributed by atoms with Crippen LogP contribution in [0.1, 0.15) is 38.2 Å². The highest BCUT2D eigenvalue weighted by atomic mass is 127. The number of methoxy groups -OCH3 is 1. The predicted octanol–water partition coefficient (Wildman–Crippen LogP) is 2.47. The van der Waals surface area contributed by atoms with E-state index in [9.17, 15) is 4.21 Å². The third kappa shape index (κ3) is 8.60. The molecule has 1 heterocycles. The van der Waals surface area contributed by atoms with Crippen LogP contribution in [0, 0.1) is 0 Å². The Morgan fingerprint density at radius 1 is 1.36 bits per heavy atom. The van der Waals surface area contributed by atoms with Crippen LogP contribution in [0.5, 0.6) is 5.88 Å². The Bertz CT molecular complexity index is 616. The Labute approximate surface area is 187 Å². The standard InChI is InChI=1S/C19H32N4O3S.HI/c1-4-27(24)17-7-5-6-16(12-17)23-19(20-2)22-14-15-8-9-18(21-13-15)26-11-10-25-3;/h8-9,13,16-17H,4-7,10-12,14H2,1-3H3,(H2,20,22,23);1H. The van der Waals surface area contributed by atoms with Crippen molar-refractivity contribution in [1.82, 2.24) is 15.6 Å². The number of guanidine groups is 1. The van der Waals surface area contributed by atoms with Crippen LogP contribution in [-0.2, 0) is 22.1 Å². The van der Waals surface area contributed by atoms with Gasteiger partial charge in [0.25, 0.3) is 0 Å². The molecule has 0 aliphatic heterocycles. The summed E-state index contributed by atoms with van der Waals surface area (Å²) in [6.07, 6.45) is 6.00. The molecule has 0 bridgehead atoms. The van der Waals surface area contributed by atoms with Gasteiger partial charge in [-0.1, -0.05) is 19.4 Å². The molecule has 7 nitrogen and oxygen atoms in total. The number of ether oxygens (including phenoxy) is 2. The lowest BCUT2D eigenvalue weighted by Crippen LogP contribution is -2.46. The summed E-state index contributed by atoms with van der Waals surface area (Å²) < 4.78 is 22.5. The van der Waals surface area contributed by atoms with E-state index in [1.807, 2.05) is 19.1 Å². The predicted molar refractivity (Wildman–Crippen MR) is 125 cm³/mol. The Balaban J connectivity index is 0.00000392. The molecule has 0 saturated heterocycles. The molecule has 1 saturated carbocycles. The van der Waals surface area contributed by atoms with E-state index in [2.05, 4.69) is 20.6 Å². The molecular formula is C19H33IN4O3S. The van der Waals surface area contributed by atoms with Gasteiger partial charge in [-0.25, -0.2) is 4.98 Å². The van der Waals surface area contributed by atoms with E-state index in [1.54, 1.807) is 20.4 Å². The highest BCUT2D eigenvalue weighted by Gasteiger charge is 2.25. The third-order valence-corrected chi connectivity index (χ3v) is 6.38. The van der Waals surface area contributed by atoms with Crippen molar-refractivity contribution in [1.29, 1.82) is 0 Å². The second-order valence-electron chi connectivity index (χ2n) is 6.57. The van der Waals surface area contributed by atoms with Gasteiger partial charge >= 0.3 is 0 Å². The number of aromatic nitrogens is 1. The van der Waals surface area contributed by atoms with Crippen molar-refractivity contribution in [2.45, 2.75) is 50.4 Å². The topological polar surface area (TPSA) is 84.8 Å². The Morgan fingerprint density at radius 3 is 2.82 bits per heavy atom. The molecule has 1 fully saturated rings. The minimum Gasteiger partial charge on any atom is -0.475 e. The zero-order chi connectivity index (χ0) is 19.5. The average Bonchev–Trinajstić information content (AvgIpc) is 2.71. The first-order chi connectivity index (χ1) is 13.2. The fraction of sp³-hybridized carbons (Fsp3) is 0.684. The van der Waals surface area contributed by atoms with Gasteiger partial charge in [0.2, 0.25) is 5.88 Å². The maximum absolute atomic E-state index is 12.1. The first kappa shape index (κ1) is 25.1. The smallest absolute Gasteiger partial charge is 0.213 e. The maximum atomic E-state index is 12.1. The van der Waals surface area contributed by atoms with Crippen molar-refractivity contribution in [2.75, 3.05) is 33.1 Å². The fourth-order valence-electron chi connectivity index (χ4n) is 3.15. The van der Waals surface area contributed by atoms with E-state index in [0.717, 1.165) is 43.0 Å². The Morgan fingerprint density at radius 2 is 2.18 bits per heavy atom. The summed E-state index contributed by atoms with van der Waals surface area (Å²) in [6.45, 7) is 3.65. The number of halogens is 1. The third-order valence-electron chi connectivity index (χ3n) is 4.64. The summed E-state index contributed by atoms with van der Waals surface area (Å²) in [6, 6.07) is 4.16. The molecule has 160 valence electrons. The lowest BCUT2D eigenvalue weighted by molar-refractivity contribution is 0.143. The van der Waals surface area contributed by atoms with Gasteiger partial charge in [-0.3, -0.25) is 9.20 Å². The number of rotatable bonds is 9. The lowest BCUT2D eigenvalue weighted by atomic mass is 9.95. The molecule has 28 heavy (non-hydrogen) atoms. The number of hydrogen-bond acceptors (Lipinski definition) is 5. The normalized spacial score (nSPS) is 20.8. The molecular weight excluding hydrogens is 491 g/mol. The number of aliphatic imine (C=N–C) groups is 1. The molecule has 0 radical (unpaired) electrons. The summed E-state index contributed by atoms with van der Waals surface area (Å²) in [5, 5.41) is 7.10. The Hall–Kier alpha value is -0.940. The number of pyridine rings is 1. The summed E-state index contributed by atoms with van der Waals surface area (Å²) in [7, 11) is 2.69. The van der Waals surface area contributed by atoms with Crippen LogP contribution in [-0.4, -0.2) is 59.6 Å². The van der Waals surface area contributed by atoms with Crippen LogP contribution >= 0.6 is 24.0 Å².